The first-order valence-electron chi connectivity index (χ1n) is 7.29. The maximum Gasteiger partial charge on any atom is 0.414 e. The van der Waals surface area contributed by atoms with E-state index in [4.69, 9.17) is 0 Å². The number of aromatic nitrogens is 1. The van der Waals surface area contributed by atoms with Crippen molar-refractivity contribution in [1.29, 1.82) is 0 Å². The number of hydrogen-bond acceptors (Lipinski definition) is 7. The van der Waals surface area contributed by atoms with Gasteiger partial charge in [0.15, 0.2) is 0 Å². The largest absolute Gasteiger partial charge is 0.450 e. The Morgan fingerprint density at radius 2 is 2.08 bits per heavy atom. The highest BCUT2D eigenvalue weighted by Crippen LogP contribution is 2.28. The van der Waals surface area contributed by atoms with Crippen molar-refractivity contribution in [1.82, 2.24) is 10.3 Å². The fourth-order valence-corrected chi connectivity index (χ4v) is 3.78. The van der Waals surface area contributed by atoms with Crippen molar-refractivity contribution in [2.75, 3.05) is 11.9 Å². The van der Waals surface area contributed by atoms with E-state index in [-0.39, 0.29) is 18.1 Å². The van der Waals surface area contributed by atoms with Gasteiger partial charge in [0.25, 0.3) is 11.8 Å². The summed E-state index contributed by atoms with van der Waals surface area (Å²) in [5.74, 6) is -0.954. The lowest BCUT2D eigenvalue weighted by Gasteiger charge is -2.06. The number of thiophene rings is 2. The van der Waals surface area contributed by atoms with Crippen LogP contribution in [0.25, 0.3) is 10.1 Å². The molecule has 3 heterocycles. The zero-order valence-corrected chi connectivity index (χ0v) is 14.7. The molecular weight excluding hydrogens is 362 g/mol. The fraction of sp³-hybridized carbons (Fsp3) is 0.125. The smallest absolute Gasteiger partial charge is 0.414 e. The highest BCUT2D eigenvalue weighted by Gasteiger charge is 2.19. The molecule has 0 radical (unpaired) electrons. The summed E-state index contributed by atoms with van der Waals surface area (Å²) in [7, 11) is 0. The molecule has 0 aliphatic heterocycles. The summed E-state index contributed by atoms with van der Waals surface area (Å²) >= 11 is 2.51. The van der Waals surface area contributed by atoms with E-state index in [1.54, 1.807) is 30.8 Å². The van der Waals surface area contributed by atoms with Crippen molar-refractivity contribution in [3.05, 3.63) is 46.4 Å². The Bertz CT molecular complexity index is 915. The minimum atomic E-state index is -0.826. The lowest BCUT2D eigenvalue weighted by Crippen LogP contribution is -2.31. The normalized spacial score (nSPS) is 10.4. The quantitative estimate of drug-likeness (QED) is 0.727. The van der Waals surface area contributed by atoms with Crippen LogP contribution in [0.4, 0.5) is 9.80 Å². The fourth-order valence-electron chi connectivity index (χ4n) is 2.07. The van der Waals surface area contributed by atoms with Gasteiger partial charge in [0.2, 0.25) is 0 Å². The summed E-state index contributed by atoms with van der Waals surface area (Å²) in [6, 6.07) is 5.12. The third kappa shape index (κ3) is 3.83. The van der Waals surface area contributed by atoms with Crippen LogP contribution in [-0.4, -0.2) is 29.5 Å². The van der Waals surface area contributed by atoms with Gasteiger partial charge >= 0.3 is 6.09 Å². The molecule has 0 saturated heterocycles. The number of hydrogen-bond donors (Lipinski definition) is 2. The Morgan fingerprint density at radius 1 is 1.24 bits per heavy atom. The molecule has 128 valence electrons. The Morgan fingerprint density at radius 3 is 2.84 bits per heavy atom. The van der Waals surface area contributed by atoms with Crippen LogP contribution in [-0.2, 0) is 4.74 Å². The Labute approximate surface area is 150 Å². The lowest BCUT2D eigenvalue weighted by molar-refractivity contribution is 0.0926. The second-order valence-electron chi connectivity index (χ2n) is 4.82. The van der Waals surface area contributed by atoms with Gasteiger partial charge in [-0.15, -0.1) is 22.7 Å². The summed E-state index contributed by atoms with van der Waals surface area (Å²) in [4.78, 5) is 40.4. The Hall–Kier alpha value is -2.78. The Kier molecular flexibility index (Phi) is 5.05. The van der Waals surface area contributed by atoms with E-state index in [0.717, 1.165) is 10.1 Å². The molecule has 2 N–H and O–H groups in total. The molecule has 3 amide bonds. The SMILES string of the molecule is CCOC(=O)NC(=O)c1ccsc1NC(=O)c1cc2ccncc2s1. The predicted molar refractivity (Wildman–Crippen MR) is 96.4 cm³/mol. The molecule has 9 heteroatoms. The van der Waals surface area contributed by atoms with E-state index in [9.17, 15) is 14.4 Å². The molecule has 0 fully saturated rings. The molecule has 0 spiro atoms. The van der Waals surface area contributed by atoms with E-state index >= 15 is 0 Å². The van der Waals surface area contributed by atoms with Gasteiger partial charge in [0.05, 0.1) is 21.7 Å². The van der Waals surface area contributed by atoms with Crippen molar-refractivity contribution in [2.24, 2.45) is 0 Å². The maximum absolute atomic E-state index is 12.4. The monoisotopic (exact) mass is 375 g/mol. The van der Waals surface area contributed by atoms with Crippen molar-refractivity contribution in [3.63, 3.8) is 0 Å². The van der Waals surface area contributed by atoms with E-state index in [0.29, 0.717) is 9.88 Å². The molecule has 25 heavy (non-hydrogen) atoms. The molecule has 3 aromatic rings. The van der Waals surface area contributed by atoms with Gasteiger partial charge in [-0.3, -0.25) is 19.9 Å². The second kappa shape index (κ2) is 7.41. The highest BCUT2D eigenvalue weighted by atomic mass is 32.1. The van der Waals surface area contributed by atoms with Crippen LogP contribution >= 0.6 is 22.7 Å². The van der Waals surface area contributed by atoms with Crippen molar-refractivity contribution in [2.45, 2.75) is 6.92 Å². The van der Waals surface area contributed by atoms with Gasteiger partial charge in [-0.05, 0) is 35.9 Å². The minimum absolute atomic E-state index is 0.160. The lowest BCUT2D eigenvalue weighted by atomic mass is 10.3. The standard InChI is InChI=1S/C16H13N3O4S2/c1-2-23-16(22)19-13(20)10-4-6-24-15(10)18-14(21)11-7-9-3-5-17-8-12(9)25-11/h3-8H,2H2,1H3,(H,18,21)(H,19,20,22). The van der Waals surface area contributed by atoms with Crippen molar-refractivity contribution in [3.8, 4) is 0 Å². The van der Waals surface area contributed by atoms with Gasteiger partial charge in [0.1, 0.15) is 5.00 Å². The van der Waals surface area contributed by atoms with Crippen LogP contribution in [0, 0.1) is 0 Å². The number of amides is 3. The minimum Gasteiger partial charge on any atom is -0.450 e. The number of rotatable bonds is 4. The van der Waals surface area contributed by atoms with E-state index in [1.165, 1.54) is 28.7 Å². The van der Waals surface area contributed by atoms with Gasteiger partial charge in [0, 0.05) is 12.4 Å². The summed E-state index contributed by atoms with van der Waals surface area (Å²) < 4.78 is 5.58. The topological polar surface area (TPSA) is 97.4 Å². The molecular formula is C16H13N3O4S2. The summed E-state index contributed by atoms with van der Waals surface area (Å²) in [5, 5.41) is 7.77. The van der Waals surface area contributed by atoms with Gasteiger partial charge in [-0.2, -0.15) is 0 Å². The third-order valence-electron chi connectivity index (χ3n) is 3.17. The first-order valence-corrected chi connectivity index (χ1v) is 8.98. The summed E-state index contributed by atoms with van der Waals surface area (Å²) in [6.45, 7) is 1.80. The van der Waals surface area contributed by atoms with E-state index in [2.05, 4.69) is 20.4 Å². The summed E-state index contributed by atoms with van der Waals surface area (Å²) in [6.07, 6.45) is 2.53. The first-order chi connectivity index (χ1) is 12.1. The maximum atomic E-state index is 12.4. The molecule has 3 aromatic heterocycles. The predicted octanol–water partition coefficient (Wildman–Crippen LogP) is 3.50. The van der Waals surface area contributed by atoms with Crippen LogP contribution in [0.1, 0.15) is 27.0 Å². The number of anilines is 1. The molecule has 0 aliphatic rings. The zero-order valence-electron chi connectivity index (χ0n) is 13.1. The molecule has 0 aliphatic carbocycles. The van der Waals surface area contributed by atoms with Crippen molar-refractivity contribution >= 4 is 55.7 Å². The van der Waals surface area contributed by atoms with Gasteiger partial charge < -0.3 is 10.1 Å². The number of carbonyl (C=O) groups is 3. The molecule has 0 bridgehead atoms. The second-order valence-corrected chi connectivity index (χ2v) is 6.82. The zero-order chi connectivity index (χ0) is 17.8. The molecule has 0 aromatic carbocycles. The van der Waals surface area contributed by atoms with Gasteiger partial charge in [-0.25, -0.2) is 4.79 Å². The number of alkyl carbamates (subject to hydrolysis) is 1. The summed E-state index contributed by atoms with van der Waals surface area (Å²) in [5.41, 5.74) is 0.203. The van der Waals surface area contributed by atoms with Crippen LogP contribution in [0.5, 0.6) is 0 Å². The molecule has 0 saturated carbocycles. The van der Waals surface area contributed by atoms with Crippen molar-refractivity contribution < 1.29 is 19.1 Å². The third-order valence-corrected chi connectivity index (χ3v) is 5.09. The molecule has 0 atom stereocenters. The van der Waals surface area contributed by atoms with E-state index in [1.807, 2.05) is 6.07 Å². The number of pyridine rings is 1. The average molecular weight is 375 g/mol. The van der Waals surface area contributed by atoms with Crippen LogP contribution in [0.2, 0.25) is 0 Å². The average Bonchev–Trinajstić information content (AvgIpc) is 3.21. The molecule has 7 nitrogen and oxygen atoms in total. The number of carbonyl (C=O) groups excluding carboxylic acids is 3. The van der Waals surface area contributed by atoms with Crippen LogP contribution < -0.4 is 10.6 Å². The van der Waals surface area contributed by atoms with E-state index < -0.39 is 12.0 Å². The number of imide groups is 1. The van der Waals surface area contributed by atoms with Gasteiger partial charge in [-0.1, -0.05) is 0 Å². The van der Waals surface area contributed by atoms with Crippen LogP contribution in [0.15, 0.2) is 36.0 Å². The number of fused-ring (bicyclic) bond motifs is 1. The Balaban J connectivity index is 1.75. The number of nitrogens with one attached hydrogen (secondary N) is 2. The number of nitrogens with zero attached hydrogens (tertiary/aromatic N) is 1. The van der Waals surface area contributed by atoms with Crippen LogP contribution in [0.3, 0.4) is 0 Å². The molecule has 0 unspecified atom stereocenters. The molecule has 3 rings (SSSR count). The highest BCUT2D eigenvalue weighted by molar-refractivity contribution is 7.21. The number of ether oxygens (including phenoxy) is 1. The first kappa shape index (κ1) is 17.1.